The molecule has 25 heavy (non-hydrogen) atoms. The molecule has 136 valence electrons. The lowest BCUT2D eigenvalue weighted by atomic mass is 10.2. The highest BCUT2D eigenvalue weighted by Gasteiger charge is 2.07. The van der Waals surface area contributed by atoms with Gasteiger partial charge in [-0.1, -0.05) is 55.4 Å². The highest BCUT2D eigenvalue weighted by molar-refractivity contribution is 7.99. The van der Waals surface area contributed by atoms with Gasteiger partial charge < -0.3 is 15.7 Å². The Morgan fingerprint density at radius 1 is 1.08 bits per heavy atom. The molecule has 0 bridgehead atoms. The van der Waals surface area contributed by atoms with Gasteiger partial charge >= 0.3 is 0 Å². The third kappa shape index (κ3) is 7.20. The van der Waals surface area contributed by atoms with Crippen molar-refractivity contribution in [2.45, 2.75) is 37.5 Å². The molecular formula is C20H28N2O2S. The van der Waals surface area contributed by atoms with Crippen LogP contribution in [0.4, 0.5) is 5.69 Å². The molecule has 0 atom stereocenters. The number of hydrogen-bond donors (Lipinski definition) is 3. The van der Waals surface area contributed by atoms with Crippen molar-refractivity contribution in [2.24, 2.45) is 0 Å². The molecule has 0 saturated carbocycles. The Morgan fingerprint density at radius 3 is 2.48 bits per heavy atom. The molecule has 0 aliphatic rings. The maximum absolute atomic E-state index is 11.6. The molecule has 0 aliphatic carbocycles. The van der Waals surface area contributed by atoms with Crippen molar-refractivity contribution >= 4 is 23.4 Å². The Bertz CT molecular complexity index is 674. The maximum Gasteiger partial charge on any atom is 0.239 e. The second-order valence-corrected chi connectivity index (χ2v) is 6.38. The summed E-state index contributed by atoms with van der Waals surface area (Å²) in [6, 6.07) is 14.3. The third-order valence-electron chi connectivity index (χ3n) is 3.31. The molecule has 3 N–H and O–H groups in total. The van der Waals surface area contributed by atoms with Gasteiger partial charge in [0.1, 0.15) is 0 Å². The minimum atomic E-state index is -0.134. The fourth-order valence-corrected chi connectivity index (χ4v) is 3.16. The average Bonchev–Trinajstić information content (AvgIpc) is 2.63. The number of rotatable bonds is 7. The summed E-state index contributed by atoms with van der Waals surface area (Å²) in [5, 5.41) is 14.5. The number of benzene rings is 2. The number of hydrogen-bond acceptors (Lipinski definition) is 4. The van der Waals surface area contributed by atoms with Gasteiger partial charge in [0.2, 0.25) is 5.91 Å². The average molecular weight is 361 g/mol. The van der Waals surface area contributed by atoms with Crippen LogP contribution >= 0.6 is 11.8 Å². The summed E-state index contributed by atoms with van der Waals surface area (Å²) in [7, 11) is 0. The third-order valence-corrected chi connectivity index (χ3v) is 4.56. The van der Waals surface area contributed by atoms with E-state index in [2.05, 4.69) is 42.7 Å². The molecule has 0 aliphatic heterocycles. The van der Waals surface area contributed by atoms with Gasteiger partial charge in [-0.2, -0.15) is 0 Å². The summed E-state index contributed by atoms with van der Waals surface area (Å²) in [4.78, 5) is 13.9. The Labute approximate surface area is 155 Å². The highest BCUT2D eigenvalue weighted by atomic mass is 32.2. The first kappa shape index (κ1) is 21.1. The van der Waals surface area contributed by atoms with E-state index in [9.17, 15) is 4.79 Å². The zero-order valence-electron chi connectivity index (χ0n) is 15.4. The molecule has 0 fully saturated rings. The molecule has 0 saturated heterocycles. The Hall–Kier alpha value is -1.98. The van der Waals surface area contributed by atoms with Gasteiger partial charge in [-0.15, -0.1) is 0 Å². The van der Waals surface area contributed by atoms with Crippen molar-refractivity contribution < 1.29 is 9.90 Å². The largest absolute Gasteiger partial charge is 0.395 e. The lowest BCUT2D eigenvalue weighted by Gasteiger charge is -2.13. The summed E-state index contributed by atoms with van der Waals surface area (Å²) in [6.45, 7) is 8.60. The molecular weight excluding hydrogens is 332 g/mol. The summed E-state index contributed by atoms with van der Waals surface area (Å²) in [5.41, 5.74) is 3.42. The molecule has 4 nitrogen and oxygen atoms in total. The van der Waals surface area contributed by atoms with Crippen molar-refractivity contribution in [3.63, 3.8) is 0 Å². The second-order valence-electron chi connectivity index (χ2n) is 5.29. The van der Waals surface area contributed by atoms with Crippen LogP contribution in [0.2, 0.25) is 0 Å². The lowest BCUT2D eigenvalue weighted by molar-refractivity contribution is -0.119. The number of carbonyl (C=O) groups is 1. The Balaban J connectivity index is 0.00000151. The maximum atomic E-state index is 11.6. The van der Waals surface area contributed by atoms with Crippen LogP contribution in [0.15, 0.2) is 52.3 Å². The van der Waals surface area contributed by atoms with E-state index < -0.39 is 0 Å². The molecule has 2 aromatic rings. The second kappa shape index (κ2) is 11.6. The SMILES string of the molecule is CC.Cc1ccc(Sc2ccccc2NCC(=O)NCCO)c(C)c1. The number of carbonyl (C=O) groups excluding carboxylic acids is 1. The van der Waals surface area contributed by atoms with Crippen molar-refractivity contribution in [2.75, 3.05) is 25.0 Å². The van der Waals surface area contributed by atoms with Crippen LogP contribution in [0.25, 0.3) is 0 Å². The van der Waals surface area contributed by atoms with Crippen LogP contribution in [-0.2, 0) is 4.79 Å². The molecule has 0 radical (unpaired) electrons. The van der Waals surface area contributed by atoms with Crippen LogP contribution in [-0.4, -0.2) is 30.7 Å². The summed E-state index contributed by atoms with van der Waals surface area (Å²) in [5.74, 6) is -0.134. The number of aliphatic hydroxyl groups excluding tert-OH is 1. The van der Waals surface area contributed by atoms with E-state index >= 15 is 0 Å². The van der Waals surface area contributed by atoms with Gasteiger partial charge in [-0.05, 0) is 37.6 Å². The molecule has 0 spiro atoms. The van der Waals surface area contributed by atoms with Gasteiger partial charge in [0.15, 0.2) is 0 Å². The first-order valence-corrected chi connectivity index (χ1v) is 9.37. The van der Waals surface area contributed by atoms with Gasteiger partial charge in [0, 0.05) is 22.0 Å². The predicted molar refractivity (Wildman–Crippen MR) is 106 cm³/mol. The van der Waals surface area contributed by atoms with Crippen LogP contribution in [0.1, 0.15) is 25.0 Å². The minimum absolute atomic E-state index is 0.0507. The van der Waals surface area contributed by atoms with E-state index in [0.717, 1.165) is 10.6 Å². The minimum Gasteiger partial charge on any atom is -0.395 e. The first-order chi connectivity index (χ1) is 12.1. The molecule has 5 heteroatoms. The van der Waals surface area contributed by atoms with Crippen molar-refractivity contribution in [3.8, 4) is 0 Å². The van der Waals surface area contributed by atoms with Crippen LogP contribution < -0.4 is 10.6 Å². The molecule has 0 heterocycles. The standard InChI is InChI=1S/C18H22N2O2S.C2H6/c1-13-7-8-16(14(2)11-13)23-17-6-4-3-5-15(17)20-12-18(22)19-9-10-21;1-2/h3-8,11,20-21H,9-10,12H2,1-2H3,(H,19,22);1-2H3. The number of nitrogens with one attached hydrogen (secondary N) is 2. The normalized spacial score (nSPS) is 9.80. The molecule has 1 amide bonds. The van der Waals surface area contributed by atoms with Crippen LogP contribution in [0.5, 0.6) is 0 Å². The number of anilines is 1. The summed E-state index contributed by atoms with van der Waals surface area (Å²) < 4.78 is 0. The van der Waals surface area contributed by atoms with Gasteiger partial charge in [0.25, 0.3) is 0 Å². The van der Waals surface area contributed by atoms with E-state index in [4.69, 9.17) is 5.11 Å². The topological polar surface area (TPSA) is 61.4 Å². The lowest BCUT2D eigenvalue weighted by Crippen LogP contribution is -2.31. The fourth-order valence-electron chi connectivity index (χ4n) is 2.17. The van der Waals surface area contributed by atoms with Crippen molar-refractivity contribution in [3.05, 3.63) is 53.6 Å². The predicted octanol–water partition coefficient (Wildman–Crippen LogP) is 4.00. The van der Waals surface area contributed by atoms with Crippen molar-refractivity contribution in [1.82, 2.24) is 5.32 Å². The van der Waals surface area contributed by atoms with Crippen molar-refractivity contribution in [1.29, 1.82) is 0 Å². The summed E-state index contributed by atoms with van der Waals surface area (Å²) >= 11 is 1.68. The van der Waals surface area contributed by atoms with E-state index in [-0.39, 0.29) is 25.6 Å². The van der Waals surface area contributed by atoms with E-state index in [1.807, 2.05) is 38.1 Å². The Morgan fingerprint density at radius 2 is 1.80 bits per heavy atom. The van der Waals surface area contributed by atoms with E-state index in [0.29, 0.717) is 0 Å². The van der Waals surface area contributed by atoms with Gasteiger partial charge in [-0.25, -0.2) is 0 Å². The van der Waals surface area contributed by atoms with Gasteiger partial charge in [0.05, 0.1) is 13.2 Å². The smallest absolute Gasteiger partial charge is 0.239 e. The van der Waals surface area contributed by atoms with E-state index in [1.165, 1.54) is 16.0 Å². The Kier molecular flexibility index (Phi) is 9.73. The number of para-hydroxylation sites is 1. The number of amides is 1. The first-order valence-electron chi connectivity index (χ1n) is 8.55. The zero-order valence-corrected chi connectivity index (χ0v) is 16.2. The monoisotopic (exact) mass is 360 g/mol. The van der Waals surface area contributed by atoms with Gasteiger partial charge in [-0.3, -0.25) is 4.79 Å². The molecule has 2 aromatic carbocycles. The molecule has 0 unspecified atom stereocenters. The molecule has 2 rings (SSSR count). The van der Waals surface area contributed by atoms with Crippen LogP contribution in [0, 0.1) is 13.8 Å². The number of aryl methyl sites for hydroxylation is 2. The molecule has 0 aromatic heterocycles. The quantitative estimate of drug-likeness (QED) is 0.698. The van der Waals surface area contributed by atoms with Crippen LogP contribution in [0.3, 0.4) is 0 Å². The number of aliphatic hydroxyl groups is 1. The van der Waals surface area contributed by atoms with E-state index in [1.54, 1.807) is 11.8 Å². The fraction of sp³-hybridized carbons (Fsp3) is 0.350. The highest BCUT2D eigenvalue weighted by Crippen LogP contribution is 2.35. The zero-order chi connectivity index (χ0) is 18.7. The summed E-state index contributed by atoms with van der Waals surface area (Å²) in [6.07, 6.45) is 0.